The van der Waals surface area contributed by atoms with E-state index in [9.17, 15) is 4.79 Å². The van der Waals surface area contributed by atoms with Crippen molar-refractivity contribution in [2.75, 3.05) is 18.2 Å². The summed E-state index contributed by atoms with van der Waals surface area (Å²) >= 11 is 1.60. The molecule has 2 aromatic rings. The van der Waals surface area contributed by atoms with Crippen LogP contribution in [0.5, 0.6) is 11.5 Å². The van der Waals surface area contributed by atoms with Gasteiger partial charge in [-0.15, -0.1) is 11.8 Å². The summed E-state index contributed by atoms with van der Waals surface area (Å²) in [5.74, 6) is 2.69. The third-order valence-corrected chi connectivity index (χ3v) is 6.26. The molecule has 2 heterocycles. The van der Waals surface area contributed by atoms with Crippen LogP contribution in [0.2, 0.25) is 0 Å². The van der Waals surface area contributed by atoms with Crippen LogP contribution in [-0.2, 0) is 11.8 Å². The molecular weight excluding hydrogens is 350 g/mol. The number of methoxy groups -OCH3 is 1. The molecule has 0 spiro atoms. The van der Waals surface area contributed by atoms with E-state index in [1.807, 2.05) is 25.4 Å². The first kappa shape index (κ1) is 17.3. The molecule has 0 unspecified atom stereocenters. The van der Waals surface area contributed by atoms with Crippen molar-refractivity contribution in [3.8, 4) is 11.5 Å². The predicted molar refractivity (Wildman–Crippen MR) is 102 cm³/mol. The zero-order chi connectivity index (χ0) is 18.1. The fourth-order valence-corrected chi connectivity index (χ4v) is 4.70. The smallest absolute Gasteiger partial charge is 0.235 e. The number of amides is 1. The highest BCUT2D eigenvalue weighted by Crippen LogP contribution is 2.43. The lowest BCUT2D eigenvalue weighted by Gasteiger charge is -2.19. The normalized spacial score (nSPS) is 20.4. The Morgan fingerprint density at radius 3 is 2.85 bits per heavy atom. The fraction of sp³-hybridized carbons (Fsp3) is 0.474. The zero-order valence-electron chi connectivity index (χ0n) is 15.0. The Kier molecular flexibility index (Phi) is 4.80. The molecule has 7 heteroatoms. The maximum atomic E-state index is 12.0. The molecule has 2 aliphatic rings. The van der Waals surface area contributed by atoms with Crippen LogP contribution in [0.3, 0.4) is 0 Å². The molecule has 26 heavy (non-hydrogen) atoms. The van der Waals surface area contributed by atoms with Gasteiger partial charge in [0.2, 0.25) is 5.91 Å². The molecule has 1 N–H and O–H groups in total. The van der Waals surface area contributed by atoms with Crippen molar-refractivity contribution in [3.05, 3.63) is 35.5 Å². The molecule has 1 aromatic carbocycles. The number of rotatable bonds is 4. The first-order chi connectivity index (χ1) is 12.7. The number of carbonyl (C=O) groups is 1. The summed E-state index contributed by atoms with van der Waals surface area (Å²) in [6.07, 6.45) is 6.79. The van der Waals surface area contributed by atoms with Gasteiger partial charge in [0.25, 0.3) is 0 Å². The van der Waals surface area contributed by atoms with Crippen molar-refractivity contribution < 1.29 is 14.3 Å². The molecule has 6 nitrogen and oxygen atoms in total. The molecule has 138 valence electrons. The molecule has 0 radical (unpaired) electrons. The molecule has 1 saturated carbocycles. The van der Waals surface area contributed by atoms with Gasteiger partial charge in [-0.05, 0) is 43.4 Å². The summed E-state index contributed by atoms with van der Waals surface area (Å²) < 4.78 is 13.4. The second-order valence-corrected chi connectivity index (χ2v) is 7.84. The number of nitrogens with one attached hydrogen (secondary N) is 1. The molecule has 4 rings (SSSR count). The maximum absolute atomic E-state index is 12.0. The van der Waals surface area contributed by atoms with E-state index in [2.05, 4.69) is 16.5 Å². The Morgan fingerprint density at radius 2 is 2.08 bits per heavy atom. The fourth-order valence-electron chi connectivity index (χ4n) is 3.62. The molecule has 1 aliphatic carbocycles. The minimum atomic E-state index is -0.00416. The monoisotopic (exact) mass is 373 g/mol. The standard InChI is InChI=1S/C19H23N3O3S/c1-22-19-14(10-20-22)18(26-11-17(23)21-19)12-7-8-15(16(9-12)24-2)25-13-5-3-4-6-13/h7-10,13,18H,3-6,11H2,1-2H3,(H,21,23)/t18-/m1/s1. The number of aromatic nitrogens is 2. The summed E-state index contributed by atoms with van der Waals surface area (Å²) in [6.45, 7) is 0. The SMILES string of the molecule is COc1cc([C@H]2SCC(=O)Nc3c2cnn3C)ccc1OC1CCCC1. The highest BCUT2D eigenvalue weighted by atomic mass is 32.2. The van der Waals surface area contributed by atoms with E-state index in [4.69, 9.17) is 9.47 Å². The summed E-state index contributed by atoms with van der Waals surface area (Å²) in [5, 5.41) is 7.28. The average Bonchev–Trinajstić information content (AvgIpc) is 3.23. The third kappa shape index (κ3) is 3.28. The number of anilines is 1. The minimum absolute atomic E-state index is 0.00416. The lowest BCUT2D eigenvalue weighted by Crippen LogP contribution is -2.15. The van der Waals surface area contributed by atoms with E-state index >= 15 is 0 Å². The van der Waals surface area contributed by atoms with Crippen LogP contribution in [0, 0.1) is 0 Å². The van der Waals surface area contributed by atoms with Gasteiger partial charge >= 0.3 is 0 Å². The maximum Gasteiger partial charge on any atom is 0.235 e. The van der Waals surface area contributed by atoms with E-state index in [1.165, 1.54) is 12.8 Å². The number of thioether (sulfide) groups is 1. The highest BCUT2D eigenvalue weighted by Gasteiger charge is 2.28. The molecule has 1 amide bonds. The quantitative estimate of drug-likeness (QED) is 0.888. The number of aryl methyl sites for hydroxylation is 1. The Bertz CT molecular complexity index is 814. The summed E-state index contributed by atoms with van der Waals surface area (Å²) in [4.78, 5) is 12.0. The van der Waals surface area contributed by atoms with E-state index in [0.717, 1.165) is 41.3 Å². The first-order valence-electron chi connectivity index (χ1n) is 8.93. The van der Waals surface area contributed by atoms with Crippen LogP contribution in [0.4, 0.5) is 5.82 Å². The average molecular weight is 373 g/mol. The summed E-state index contributed by atoms with van der Waals surface area (Å²) in [6, 6.07) is 6.08. The largest absolute Gasteiger partial charge is 0.493 e. The van der Waals surface area contributed by atoms with Crippen molar-refractivity contribution in [2.24, 2.45) is 7.05 Å². The van der Waals surface area contributed by atoms with Crippen molar-refractivity contribution in [1.29, 1.82) is 0 Å². The van der Waals surface area contributed by atoms with Gasteiger partial charge in [0, 0.05) is 12.6 Å². The Hall–Kier alpha value is -2.15. The van der Waals surface area contributed by atoms with E-state index in [1.54, 1.807) is 23.6 Å². The van der Waals surface area contributed by atoms with E-state index < -0.39 is 0 Å². The number of fused-ring (bicyclic) bond motifs is 1. The Morgan fingerprint density at radius 1 is 1.27 bits per heavy atom. The predicted octanol–water partition coefficient (Wildman–Crippen LogP) is 3.52. The first-order valence-corrected chi connectivity index (χ1v) is 9.98. The van der Waals surface area contributed by atoms with Crippen LogP contribution in [0.15, 0.2) is 24.4 Å². The van der Waals surface area contributed by atoms with Crippen LogP contribution >= 0.6 is 11.8 Å². The molecule has 1 aliphatic heterocycles. The van der Waals surface area contributed by atoms with Crippen LogP contribution in [0.1, 0.15) is 42.1 Å². The van der Waals surface area contributed by atoms with Crippen molar-refractivity contribution in [1.82, 2.24) is 9.78 Å². The van der Waals surface area contributed by atoms with Crippen LogP contribution in [-0.4, -0.2) is 34.7 Å². The van der Waals surface area contributed by atoms with Gasteiger partial charge < -0.3 is 14.8 Å². The molecule has 1 aromatic heterocycles. The number of benzene rings is 1. The van der Waals surface area contributed by atoms with Gasteiger partial charge in [-0.25, -0.2) is 0 Å². The van der Waals surface area contributed by atoms with E-state index in [0.29, 0.717) is 5.75 Å². The summed E-state index contributed by atoms with van der Waals surface area (Å²) in [5.41, 5.74) is 2.09. The lowest BCUT2D eigenvalue weighted by molar-refractivity contribution is -0.113. The second-order valence-electron chi connectivity index (χ2n) is 6.75. The van der Waals surface area contributed by atoms with Crippen molar-refractivity contribution in [3.63, 3.8) is 0 Å². The molecule has 1 fully saturated rings. The van der Waals surface area contributed by atoms with Crippen molar-refractivity contribution in [2.45, 2.75) is 37.0 Å². The van der Waals surface area contributed by atoms with Gasteiger partial charge in [-0.2, -0.15) is 5.10 Å². The van der Waals surface area contributed by atoms with Crippen molar-refractivity contribution >= 4 is 23.5 Å². The summed E-state index contributed by atoms with van der Waals surface area (Å²) in [7, 11) is 3.51. The molecule has 0 bridgehead atoms. The Labute approximate surface area is 157 Å². The van der Waals surface area contributed by atoms with Gasteiger partial charge in [-0.1, -0.05) is 6.07 Å². The number of ether oxygens (including phenoxy) is 2. The highest BCUT2D eigenvalue weighted by molar-refractivity contribution is 8.00. The van der Waals surface area contributed by atoms with E-state index in [-0.39, 0.29) is 17.3 Å². The van der Waals surface area contributed by atoms with Crippen LogP contribution in [0.25, 0.3) is 0 Å². The topological polar surface area (TPSA) is 65.4 Å². The second kappa shape index (κ2) is 7.23. The van der Waals surface area contributed by atoms with Gasteiger partial charge in [0.05, 0.1) is 30.4 Å². The molecular formula is C19H23N3O3S. The van der Waals surface area contributed by atoms with Gasteiger partial charge in [0.15, 0.2) is 11.5 Å². The molecule has 0 saturated heterocycles. The Balaban J connectivity index is 1.65. The number of hydrogen-bond donors (Lipinski definition) is 1. The van der Waals surface area contributed by atoms with Gasteiger partial charge in [0.1, 0.15) is 5.82 Å². The number of hydrogen-bond acceptors (Lipinski definition) is 5. The molecule has 1 atom stereocenters. The minimum Gasteiger partial charge on any atom is -0.493 e. The third-order valence-electron chi connectivity index (χ3n) is 4.97. The number of carbonyl (C=O) groups excluding carboxylic acids is 1. The number of nitrogens with zero attached hydrogens (tertiary/aromatic N) is 2. The lowest BCUT2D eigenvalue weighted by atomic mass is 10.1. The van der Waals surface area contributed by atoms with Gasteiger partial charge in [-0.3, -0.25) is 9.48 Å². The van der Waals surface area contributed by atoms with Crippen LogP contribution < -0.4 is 14.8 Å². The zero-order valence-corrected chi connectivity index (χ0v) is 15.8.